The zero-order valence-corrected chi connectivity index (χ0v) is 21.1. The van der Waals surface area contributed by atoms with E-state index in [9.17, 15) is 9.59 Å². The second kappa shape index (κ2) is 13.7. The van der Waals surface area contributed by atoms with Crippen LogP contribution in [0, 0.1) is 0 Å². The number of rotatable bonds is 7. The summed E-state index contributed by atoms with van der Waals surface area (Å²) in [5.74, 6) is 0.919. The zero-order chi connectivity index (χ0) is 21.2. The number of benzene rings is 1. The summed E-state index contributed by atoms with van der Waals surface area (Å²) in [6.45, 7) is 9.83. The lowest BCUT2D eigenvalue weighted by atomic mass is 10.1. The van der Waals surface area contributed by atoms with E-state index in [1.54, 1.807) is 0 Å². The molecule has 0 spiro atoms. The lowest BCUT2D eigenvalue weighted by molar-refractivity contribution is -0.131. The third kappa shape index (κ3) is 9.07. The Morgan fingerprint density at radius 2 is 1.83 bits per heavy atom. The molecule has 2 N–H and O–H groups in total. The predicted octanol–water partition coefficient (Wildman–Crippen LogP) is 2.52. The quantitative estimate of drug-likeness (QED) is 0.311. The Kier molecular flexibility index (Phi) is 12.1. The molecule has 30 heavy (non-hydrogen) atoms. The van der Waals surface area contributed by atoms with E-state index in [1.807, 2.05) is 49.9 Å². The van der Waals surface area contributed by atoms with E-state index < -0.39 is 0 Å². The van der Waals surface area contributed by atoms with Gasteiger partial charge in [0.2, 0.25) is 11.8 Å². The number of guanidine groups is 1. The molecule has 1 heterocycles. The summed E-state index contributed by atoms with van der Waals surface area (Å²) in [6.07, 6.45) is 0.727. The third-order valence-corrected chi connectivity index (χ3v) is 4.80. The van der Waals surface area contributed by atoms with Crippen LogP contribution in [-0.2, 0) is 16.0 Å². The average Bonchev–Trinajstić information content (AvgIpc) is 2.67. The number of piperazine rings is 1. The number of hydrogen-bond donors (Lipinski definition) is 2. The molecule has 7 nitrogen and oxygen atoms in total. The van der Waals surface area contributed by atoms with Gasteiger partial charge in [-0.25, -0.2) is 0 Å². The topological polar surface area (TPSA) is 77.0 Å². The second-order valence-corrected chi connectivity index (χ2v) is 7.82. The van der Waals surface area contributed by atoms with Gasteiger partial charge in [0.1, 0.15) is 0 Å². The maximum absolute atomic E-state index is 12.6. The minimum Gasteiger partial charge on any atom is -0.357 e. The van der Waals surface area contributed by atoms with Crippen LogP contribution in [0.2, 0.25) is 5.02 Å². The summed E-state index contributed by atoms with van der Waals surface area (Å²) in [6, 6.07) is 7.57. The highest BCUT2D eigenvalue weighted by molar-refractivity contribution is 14.0. The fourth-order valence-corrected chi connectivity index (χ4v) is 3.40. The number of carbonyl (C=O) groups is 2. The largest absolute Gasteiger partial charge is 0.357 e. The second-order valence-electron chi connectivity index (χ2n) is 7.38. The first-order chi connectivity index (χ1) is 13.9. The lowest BCUT2D eigenvalue weighted by Gasteiger charge is -2.36. The highest BCUT2D eigenvalue weighted by atomic mass is 127. The Morgan fingerprint density at radius 3 is 2.43 bits per heavy atom. The summed E-state index contributed by atoms with van der Waals surface area (Å²) < 4.78 is 0. The highest BCUT2D eigenvalue weighted by Crippen LogP contribution is 2.13. The molecular formula is C21H33ClIN5O2. The number of halogens is 2. The molecule has 1 aromatic rings. The maximum atomic E-state index is 12.6. The SMILES string of the molecule is CCNC(=NCCC(=O)NC(C)C)N1CCN(C(=O)Cc2cccc(Cl)c2)CC1.I. The first-order valence-corrected chi connectivity index (χ1v) is 10.6. The van der Waals surface area contributed by atoms with Gasteiger partial charge in [-0.05, 0) is 38.5 Å². The summed E-state index contributed by atoms with van der Waals surface area (Å²) in [5.41, 5.74) is 0.930. The summed E-state index contributed by atoms with van der Waals surface area (Å²) in [7, 11) is 0. The van der Waals surface area contributed by atoms with Crippen LogP contribution in [0.25, 0.3) is 0 Å². The number of nitrogens with one attached hydrogen (secondary N) is 2. The molecule has 0 aliphatic carbocycles. The minimum atomic E-state index is 0. The number of nitrogens with zero attached hydrogens (tertiary/aromatic N) is 3. The van der Waals surface area contributed by atoms with Gasteiger partial charge >= 0.3 is 0 Å². The van der Waals surface area contributed by atoms with Crippen LogP contribution in [0.3, 0.4) is 0 Å². The van der Waals surface area contributed by atoms with Crippen molar-refractivity contribution in [1.29, 1.82) is 0 Å². The van der Waals surface area contributed by atoms with Crippen LogP contribution < -0.4 is 10.6 Å². The Balaban J connectivity index is 0.00000450. The van der Waals surface area contributed by atoms with Crippen molar-refractivity contribution in [1.82, 2.24) is 20.4 Å². The van der Waals surface area contributed by atoms with Crippen LogP contribution >= 0.6 is 35.6 Å². The van der Waals surface area contributed by atoms with Crippen LogP contribution in [0.1, 0.15) is 32.8 Å². The van der Waals surface area contributed by atoms with Crippen LogP contribution in [0.5, 0.6) is 0 Å². The van der Waals surface area contributed by atoms with E-state index >= 15 is 0 Å². The number of hydrogen-bond acceptors (Lipinski definition) is 3. The van der Waals surface area contributed by atoms with Gasteiger partial charge in [0.05, 0.1) is 13.0 Å². The van der Waals surface area contributed by atoms with E-state index in [4.69, 9.17) is 11.6 Å². The highest BCUT2D eigenvalue weighted by Gasteiger charge is 2.23. The van der Waals surface area contributed by atoms with Gasteiger partial charge in [0.25, 0.3) is 0 Å². The monoisotopic (exact) mass is 549 g/mol. The van der Waals surface area contributed by atoms with E-state index in [-0.39, 0.29) is 41.8 Å². The van der Waals surface area contributed by atoms with Crippen molar-refractivity contribution >= 4 is 53.4 Å². The smallest absolute Gasteiger partial charge is 0.227 e. The van der Waals surface area contributed by atoms with Crippen molar-refractivity contribution in [3.8, 4) is 0 Å². The van der Waals surface area contributed by atoms with Crippen molar-refractivity contribution in [2.45, 2.75) is 39.7 Å². The molecule has 0 unspecified atom stereocenters. The molecule has 0 radical (unpaired) electrons. The first kappa shape index (κ1) is 26.5. The average molecular weight is 550 g/mol. The molecule has 1 aliphatic heterocycles. The number of aliphatic imine (C=N–C) groups is 1. The maximum Gasteiger partial charge on any atom is 0.227 e. The molecule has 1 fully saturated rings. The van der Waals surface area contributed by atoms with E-state index in [1.165, 1.54) is 0 Å². The minimum absolute atomic E-state index is 0. The van der Waals surface area contributed by atoms with Crippen molar-refractivity contribution < 1.29 is 9.59 Å². The van der Waals surface area contributed by atoms with Crippen LogP contribution in [-0.4, -0.2) is 72.9 Å². The molecule has 0 aromatic heterocycles. The van der Waals surface area contributed by atoms with Crippen molar-refractivity contribution in [3.05, 3.63) is 34.9 Å². The van der Waals surface area contributed by atoms with Gasteiger partial charge in [-0.15, -0.1) is 24.0 Å². The molecule has 168 valence electrons. The van der Waals surface area contributed by atoms with E-state index in [0.29, 0.717) is 50.6 Å². The fourth-order valence-electron chi connectivity index (χ4n) is 3.18. The Bertz CT molecular complexity index is 721. The standard InChI is InChI=1S/C21H32ClN5O2.HI/c1-4-23-21(24-9-8-19(28)25-16(2)3)27-12-10-26(11-13-27)20(29)15-17-6-5-7-18(22)14-17;/h5-7,14,16H,4,8-13,15H2,1-3H3,(H,23,24)(H,25,28);1H. The molecule has 1 aromatic carbocycles. The number of amides is 2. The van der Waals surface area contributed by atoms with Crippen molar-refractivity contribution in [3.63, 3.8) is 0 Å². The molecule has 2 rings (SSSR count). The molecule has 2 amide bonds. The van der Waals surface area contributed by atoms with Gasteiger partial charge in [0.15, 0.2) is 5.96 Å². The van der Waals surface area contributed by atoms with Crippen molar-refractivity contribution in [2.75, 3.05) is 39.3 Å². The first-order valence-electron chi connectivity index (χ1n) is 10.2. The van der Waals surface area contributed by atoms with Gasteiger partial charge in [-0.1, -0.05) is 23.7 Å². The van der Waals surface area contributed by atoms with E-state index in [2.05, 4.69) is 20.5 Å². The summed E-state index contributed by atoms with van der Waals surface area (Å²) >= 11 is 6.01. The molecule has 0 atom stereocenters. The molecule has 1 saturated heterocycles. The summed E-state index contributed by atoms with van der Waals surface area (Å²) in [5, 5.41) is 6.81. The van der Waals surface area contributed by atoms with Gasteiger partial charge in [-0.3, -0.25) is 14.6 Å². The molecule has 9 heteroatoms. The van der Waals surface area contributed by atoms with E-state index in [0.717, 1.165) is 18.1 Å². The molecule has 0 bridgehead atoms. The summed E-state index contributed by atoms with van der Waals surface area (Å²) in [4.78, 5) is 33.0. The number of carbonyl (C=O) groups excluding carboxylic acids is 2. The predicted molar refractivity (Wildman–Crippen MR) is 133 cm³/mol. The van der Waals surface area contributed by atoms with Gasteiger partial charge in [0, 0.05) is 50.2 Å². The molecule has 1 aliphatic rings. The third-order valence-electron chi connectivity index (χ3n) is 4.56. The van der Waals surface area contributed by atoms with Gasteiger partial charge in [-0.2, -0.15) is 0 Å². The van der Waals surface area contributed by atoms with Crippen LogP contribution in [0.15, 0.2) is 29.3 Å². The molecule has 0 saturated carbocycles. The molecular weight excluding hydrogens is 517 g/mol. The zero-order valence-electron chi connectivity index (χ0n) is 18.0. The fraction of sp³-hybridized carbons (Fsp3) is 0.571. The van der Waals surface area contributed by atoms with Crippen molar-refractivity contribution in [2.24, 2.45) is 4.99 Å². The van der Waals surface area contributed by atoms with Gasteiger partial charge < -0.3 is 20.4 Å². The van der Waals surface area contributed by atoms with Crippen LogP contribution in [0.4, 0.5) is 0 Å². The Hall–Kier alpha value is -1.55. The Morgan fingerprint density at radius 1 is 1.17 bits per heavy atom. The Labute approximate surface area is 201 Å². The normalized spacial score (nSPS) is 14.4. The lowest BCUT2D eigenvalue weighted by Crippen LogP contribution is -2.54.